The van der Waals surface area contributed by atoms with Crippen LogP contribution in [0.2, 0.25) is 0 Å². The van der Waals surface area contributed by atoms with E-state index in [1.54, 1.807) is 19.2 Å². The van der Waals surface area contributed by atoms with Gasteiger partial charge in [-0.05, 0) is 52.4 Å². The maximum Gasteiger partial charge on any atom is 0.262 e. The molecule has 2 aromatic carbocycles. The summed E-state index contributed by atoms with van der Waals surface area (Å²) < 4.78 is 5.56. The van der Waals surface area contributed by atoms with Crippen molar-refractivity contribution < 1.29 is 19.7 Å². The first-order valence-corrected chi connectivity index (χ1v) is 8.27. The lowest BCUT2D eigenvalue weighted by molar-refractivity contribution is -0.117. The zero-order valence-electron chi connectivity index (χ0n) is 13.3. The van der Waals surface area contributed by atoms with E-state index in [2.05, 4.69) is 5.32 Å². The van der Waals surface area contributed by atoms with Gasteiger partial charge in [-0.3, -0.25) is 4.79 Å². The number of nitrogens with zero attached hydrogens (tertiary/aromatic N) is 1. The molecule has 0 aliphatic rings. The predicted octanol–water partition coefficient (Wildman–Crippen LogP) is 2.93. The van der Waals surface area contributed by atoms with Crippen LogP contribution in [0, 0.1) is 14.9 Å². The Hall–Kier alpha value is -2.73. The first-order valence-electron chi connectivity index (χ1n) is 7.19. The van der Waals surface area contributed by atoms with Crippen molar-refractivity contribution in [1.29, 1.82) is 5.26 Å². The van der Waals surface area contributed by atoms with Crippen molar-refractivity contribution in [2.24, 2.45) is 0 Å². The highest BCUT2D eigenvalue weighted by Gasteiger charge is 2.12. The van der Waals surface area contributed by atoms with Crippen LogP contribution in [0.5, 0.6) is 17.2 Å². The number of carbonyl (C=O) groups is 1. The van der Waals surface area contributed by atoms with Gasteiger partial charge < -0.3 is 20.3 Å². The first kappa shape index (κ1) is 18.6. The molecule has 6 nitrogen and oxygen atoms in total. The lowest BCUT2D eigenvalue weighted by Crippen LogP contribution is -2.23. The second-order valence-electron chi connectivity index (χ2n) is 5.06. The maximum absolute atomic E-state index is 12.2. The second kappa shape index (κ2) is 8.39. The summed E-state index contributed by atoms with van der Waals surface area (Å²) in [4.78, 5) is 12.2. The quantitative estimate of drug-likeness (QED) is 0.370. The van der Waals surface area contributed by atoms with E-state index >= 15 is 0 Å². The molecule has 0 unspecified atom stereocenters. The summed E-state index contributed by atoms with van der Waals surface area (Å²) in [6, 6.07) is 11.6. The fourth-order valence-corrected chi connectivity index (χ4v) is 2.50. The van der Waals surface area contributed by atoms with Crippen LogP contribution in [0.3, 0.4) is 0 Å². The van der Waals surface area contributed by atoms with E-state index < -0.39 is 5.91 Å². The minimum atomic E-state index is -0.555. The van der Waals surface area contributed by atoms with Crippen molar-refractivity contribution >= 4 is 34.6 Å². The molecular weight excluding hydrogens is 435 g/mol. The lowest BCUT2D eigenvalue weighted by Gasteiger charge is -2.07. The van der Waals surface area contributed by atoms with E-state index in [-0.39, 0.29) is 29.2 Å². The van der Waals surface area contributed by atoms with Crippen LogP contribution in [0.15, 0.2) is 42.0 Å². The normalized spacial score (nSPS) is 10.8. The summed E-state index contributed by atoms with van der Waals surface area (Å²) >= 11 is 1.89. The molecule has 0 aromatic heterocycles. The molecule has 2 rings (SSSR count). The fraction of sp³-hybridized carbons (Fsp3) is 0.111. The van der Waals surface area contributed by atoms with Gasteiger partial charge in [0.1, 0.15) is 28.9 Å². The van der Waals surface area contributed by atoms with Crippen LogP contribution in [-0.4, -0.2) is 23.2 Å². The van der Waals surface area contributed by atoms with Crippen molar-refractivity contribution in [1.82, 2.24) is 5.32 Å². The van der Waals surface area contributed by atoms with Crippen molar-refractivity contribution in [2.45, 2.75) is 6.54 Å². The molecule has 0 aliphatic carbocycles. The number of rotatable bonds is 5. The number of hydrogen-bond acceptors (Lipinski definition) is 5. The standard InChI is InChI=1S/C18H15IN2O4/c1-25-14-4-2-11(3-5-14)10-21-18(24)13(9-20)6-12-7-15(19)17(23)8-16(12)22/h2-8,22-23H,10H2,1H3,(H,21,24)/b13-6-. The fourth-order valence-electron chi connectivity index (χ4n) is 2.01. The third kappa shape index (κ3) is 4.87. The molecule has 0 aliphatic heterocycles. The molecule has 0 atom stereocenters. The third-order valence-corrected chi connectivity index (χ3v) is 4.24. The number of halogens is 1. The number of nitriles is 1. The average Bonchev–Trinajstić information content (AvgIpc) is 2.62. The maximum atomic E-state index is 12.2. The largest absolute Gasteiger partial charge is 0.507 e. The SMILES string of the molecule is COc1ccc(CNC(=O)/C(C#N)=C\c2cc(I)c(O)cc2O)cc1. The zero-order chi connectivity index (χ0) is 18.4. The summed E-state index contributed by atoms with van der Waals surface area (Å²) in [5.74, 6) is -0.128. The van der Waals surface area contributed by atoms with E-state index in [4.69, 9.17) is 4.74 Å². The summed E-state index contributed by atoms with van der Waals surface area (Å²) in [5, 5.41) is 31.2. The minimum Gasteiger partial charge on any atom is -0.507 e. The van der Waals surface area contributed by atoms with E-state index in [1.807, 2.05) is 40.8 Å². The summed E-state index contributed by atoms with van der Waals surface area (Å²) in [5.41, 5.74) is 0.983. The first-order chi connectivity index (χ1) is 11.9. The summed E-state index contributed by atoms with van der Waals surface area (Å²) in [6.45, 7) is 0.251. The molecule has 7 heteroatoms. The molecule has 0 bridgehead atoms. The number of aromatic hydroxyl groups is 2. The van der Waals surface area contributed by atoms with E-state index in [0.29, 0.717) is 9.32 Å². The minimum absolute atomic E-state index is 0.0716. The Morgan fingerprint density at radius 2 is 1.96 bits per heavy atom. The Kier molecular flexibility index (Phi) is 6.25. The molecule has 25 heavy (non-hydrogen) atoms. The average molecular weight is 450 g/mol. The third-order valence-electron chi connectivity index (χ3n) is 3.37. The van der Waals surface area contributed by atoms with Crippen LogP contribution in [0.1, 0.15) is 11.1 Å². The molecule has 0 saturated carbocycles. The highest BCUT2D eigenvalue weighted by molar-refractivity contribution is 14.1. The molecule has 0 spiro atoms. The number of methoxy groups -OCH3 is 1. The van der Waals surface area contributed by atoms with Gasteiger partial charge in [0, 0.05) is 18.2 Å². The van der Waals surface area contributed by atoms with Crippen LogP contribution in [-0.2, 0) is 11.3 Å². The number of nitrogens with one attached hydrogen (secondary N) is 1. The predicted molar refractivity (Wildman–Crippen MR) is 101 cm³/mol. The molecule has 128 valence electrons. The Bertz CT molecular complexity index is 855. The van der Waals surface area contributed by atoms with Gasteiger partial charge in [-0.2, -0.15) is 5.26 Å². The van der Waals surface area contributed by atoms with Gasteiger partial charge in [-0.1, -0.05) is 12.1 Å². The van der Waals surface area contributed by atoms with Crippen molar-refractivity contribution in [3.05, 3.63) is 56.7 Å². The summed E-state index contributed by atoms with van der Waals surface area (Å²) in [7, 11) is 1.57. The molecule has 0 heterocycles. The van der Waals surface area contributed by atoms with Crippen molar-refractivity contribution in [2.75, 3.05) is 7.11 Å². The molecule has 0 radical (unpaired) electrons. The zero-order valence-corrected chi connectivity index (χ0v) is 15.4. The van der Waals surface area contributed by atoms with Crippen molar-refractivity contribution in [3.63, 3.8) is 0 Å². The van der Waals surface area contributed by atoms with E-state index in [0.717, 1.165) is 11.6 Å². The van der Waals surface area contributed by atoms with Gasteiger partial charge in [-0.25, -0.2) is 0 Å². The monoisotopic (exact) mass is 450 g/mol. The Morgan fingerprint density at radius 3 is 2.56 bits per heavy atom. The van der Waals surface area contributed by atoms with Crippen molar-refractivity contribution in [3.8, 4) is 23.3 Å². The van der Waals surface area contributed by atoms with Gasteiger partial charge in [0.2, 0.25) is 0 Å². The number of benzene rings is 2. The summed E-state index contributed by atoms with van der Waals surface area (Å²) in [6.07, 6.45) is 1.28. The van der Waals surface area contributed by atoms with Crippen LogP contribution >= 0.6 is 22.6 Å². The van der Waals surface area contributed by atoms with Gasteiger partial charge >= 0.3 is 0 Å². The van der Waals surface area contributed by atoms with Gasteiger partial charge in [0.05, 0.1) is 10.7 Å². The molecule has 0 fully saturated rings. The van der Waals surface area contributed by atoms with Gasteiger partial charge in [0.25, 0.3) is 5.91 Å². The lowest BCUT2D eigenvalue weighted by atomic mass is 10.1. The van der Waals surface area contributed by atoms with Crippen LogP contribution in [0.25, 0.3) is 6.08 Å². The molecule has 0 saturated heterocycles. The Labute approximate surface area is 158 Å². The topological polar surface area (TPSA) is 103 Å². The highest BCUT2D eigenvalue weighted by Crippen LogP contribution is 2.29. The molecule has 2 aromatic rings. The van der Waals surface area contributed by atoms with Crippen LogP contribution in [0.4, 0.5) is 0 Å². The van der Waals surface area contributed by atoms with Gasteiger partial charge in [0.15, 0.2) is 0 Å². The molecular formula is C18H15IN2O4. The second-order valence-corrected chi connectivity index (χ2v) is 6.23. The molecule has 1 amide bonds. The number of ether oxygens (including phenoxy) is 1. The number of phenols is 2. The number of phenolic OH excluding ortho intramolecular Hbond substituents is 2. The van der Waals surface area contributed by atoms with Crippen LogP contribution < -0.4 is 10.1 Å². The number of amides is 1. The highest BCUT2D eigenvalue weighted by atomic mass is 127. The molecule has 3 N–H and O–H groups in total. The van der Waals surface area contributed by atoms with E-state index in [1.165, 1.54) is 12.1 Å². The van der Waals surface area contributed by atoms with Gasteiger partial charge in [-0.15, -0.1) is 0 Å². The Morgan fingerprint density at radius 1 is 1.28 bits per heavy atom. The Balaban J connectivity index is 2.12. The number of hydrogen-bond donors (Lipinski definition) is 3. The number of carbonyl (C=O) groups excluding carboxylic acids is 1. The van der Waals surface area contributed by atoms with E-state index in [9.17, 15) is 20.3 Å². The smallest absolute Gasteiger partial charge is 0.262 e.